The number of rotatable bonds is 9. The minimum absolute atomic E-state index is 0.172. The topological polar surface area (TPSA) is 69.2 Å². The Morgan fingerprint density at radius 1 is 1.22 bits per heavy atom. The highest BCUT2D eigenvalue weighted by Gasteiger charge is 2.22. The first-order valence-electron chi connectivity index (χ1n) is 12.2. The van der Waals surface area contributed by atoms with Crippen molar-refractivity contribution in [2.24, 2.45) is 4.99 Å². The van der Waals surface area contributed by atoms with Crippen molar-refractivity contribution in [3.05, 3.63) is 35.4 Å². The molecular weight excluding hydrogens is 402 g/mol. The number of piperidine rings is 1. The summed E-state index contributed by atoms with van der Waals surface area (Å²) in [5.74, 6) is 1.06. The molecule has 2 N–H and O–H groups in total. The van der Waals surface area contributed by atoms with Crippen molar-refractivity contribution >= 4 is 11.9 Å². The van der Waals surface area contributed by atoms with Crippen LogP contribution in [0.15, 0.2) is 29.3 Å². The molecule has 3 rings (SSSR count). The van der Waals surface area contributed by atoms with Gasteiger partial charge >= 0.3 is 0 Å². The highest BCUT2D eigenvalue weighted by Crippen LogP contribution is 2.32. The number of likely N-dealkylation sites (tertiary alicyclic amines) is 1. The maximum absolute atomic E-state index is 11.9. The molecular formula is C25H41N5O2. The number of aryl methyl sites for hydroxylation is 1. The third-order valence-electron chi connectivity index (χ3n) is 6.34. The van der Waals surface area contributed by atoms with Crippen molar-refractivity contribution in [2.75, 3.05) is 53.4 Å². The van der Waals surface area contributed by atoms with Gasteiger partial charge in [0.15, 0.2) is 5.96 Å². The Hall–Kier alpha value is -2.12. The van der Waals surface area contributed by atoms with E-state index in [2.05, 4.69) is 46.7 Å². The van der Waals surface area contributed by atoms with Gasteiger partial charge in [0.25, 0.3) is 0 Å². The van der Waals surface area contributed by atoms with Crippen molar-refractivity contribution in [2.45, 2.75) is 57.6 Å². The fraction of sp³-hybridized carbons (Fsp3) is 0.680. The molecule has 1 aromatic carbocycles. The molecule has 0 bridgehead atoms. The fourth-order valence-electron chi connectivity index (χ4n) is 4.44. The summed E-state index contributed by atoms with van der Waals surface area (Å²) >= 11 is 0. The number of likely N-dealkylation sites (N-methyl/N-ethyl adjacent to an activating group) is 1. The third kappa shape index (κ3) is 7.48. The van der Waals surface area contributed by atoms with Gasteiger partial charge in [-0.05, 0) is 56.6 Å². The molecule has 1 unspecified atom stereocenters. The van der Waals surface area contributed by atoms with Crippen LogP contribution in [0.1, 0.15) is 56.3 Å². The van der Waals surface area contributed by atoms with Crippen LogP contribution in [0.2, 0.25) is 0 Å². The van der Waals surface area contributed by atoms with Gasteiger partial charge in [0.1, 0.15) is 0 Å². The number of hydrogen-bond donors (Lipinski definition) is 2. The van der Waals surface area contributed by atoms with E-state index >= 15 is 0 Å². The lowest BCUT2D eigenvalue weighted by atomic mass is 9.89. The summed E-state index contributed by atoms with van der Waals surface area (Å²) < 4.78 is 6.21. The minimum Gasteiger partial charge on any atom is -0.373 e. The average molecular weight is 444 g/mol. The lowest BCUT2D eigenvalue weighted by Gasteiger charge is -2.33. The summed E-state index contributed by atoms with van der Waals surface area (Å²) in [7, 11) is 3.63. The number of carbonyl (C=O) groups excluding carboxylic acids is 1. The zero-order valence-electron chi connectivity index (χ0n) is 20.1. The van der Waals surface area contributed by atoms with Gasteiger partial charge in [-0.2, -0.15) is 0 Å². The zero-order chi connectivity index (χ0) is 22.8. The average Bonchev–Trinajstić information content (AvgIpc) is 2.80. The van der Waals surface area contributed by atoms with Crippen LogP contribution < -0.4 is 10.6 Å². The number of nitrogens with zero attached hydrogens (tertiary/aromatic N) is 3. The van der Waals surface area contributed by atoms with Crippen LogP contribution >= 0.6 is 0 Å². The molecule has 0 spiro atoms. The predicted molar refractivity (Wildman–Crippen MR) is 130 cm³/mol. The van der Waals surface area contributed by atoms with Gasteiger partial charge in [-0.1, -0.05) is 24.3 Å². The van der Waals surface area contributed by atoms with Gasteiger partial charge in [-0.3, -0.25) is 14.7 Å². The quantitative estimate of drug-likeness (QED) is 0.349. The normalized spacial score (nSPS) is 20.0. The molecule has 1 heterocycles. The van der Waals surface area contributed by atoms with Crippen molar-refractivity contribution in [3.8, 4) is 0 Å². The van der Waals surface area contributed by atoms with Gasteiger partial charge < -0.3 is 20.3 Å². The molecule has 0 saturated carbocycles. The predicted octanol–water partition coefficient (Wildman–Crippen LogP) is 2.58. The highest BCUT2D eigenvalue weighted by atomic mass is 16.5. The van der Waals surface area contributed by atoms with Crippen molar-refractivity contribution in [1.29, 1.82) is 0 Å². The van der Waals surface area contributed by atoms with Gasteiger partial charge in [-0.15, -0.1) is 0 Å². The van der Waals surface area contributed by atoms with E-state index in [1.807, 2.05) is 14.1 Å². The molecule has 1 amide bonds. The lowest BCUT2D eigenvalue weighted by molar-refractivity contribution is -0.130. The van der Waals surface area contributed by atoms with Crippen molar-refractivity contribution in [1.82, 2.24) is 20.4 Å². The maximum Gasteiger partial charge on any atom is 0.236 e. The second-order valence-electron chi connectivity index (χ2n) is 9.05. The Morgan fingerprint density at radius 3 is 2.75 bits per heavy atom. The maximum atomic E-state index is 11.9. The van der Waals surface area contributed by atoms with E-state index in [1.165, 1.54) is 24.0 Å². The lowest BCUT2D eigenvalue weighted by Crippen LogP contribution is -2.50. The van der Waals surface area contributed by atoms with Gasteiger partial charge in [0.2, 0.25) is 5.91 Å². The smallest absolute Gasteiger partial charge is 0.236 e. The van der Waals surface area contributed by atoms with Crippen molar-refractivity contribution in [3.63, 3.8) is 0 Å². The number of benzene rings is 1. The SMILES string of the molecule is CCNC(=NCCCOC1CCCc2ccccc21)NC1CCN(CC(=O)N(C)C)CC1. The van der Waals surface area contributed by atoms with Gasteiger partial charge in [0, 0.05) is 52.9 Å². The van der Waals surface area contributed by atoms with E-state index in [0.717, 1.165) is 64.4 Å². The second-order valence-corrected chi connectivity index (χ2v) is 9.05. The molecule has 1 atom stereocenters. The summed E-state index contributed by atoms with van der Waals surface area (Å²) in [4.78, 5) is 20.6. The number of hydrogen-bond acceptors (Lipinski definition) is 4. The Labute approximate surface area is 193 Å². The first-order chi connectivity index (χ1) is 15.6. The van der Waals surface area contributed by atoms with E-state index in [4.69, 9.17) is 9.73 Å². The summed E-state index contributed by atoms with van der Waals surface area (Å²) in [6.07, 6.45) is 6.69. The fourth-order valence-corrected chi connectivity index (χ4v) is 4.44. The molecule has 32 heavy (non-hydrogen) atoms. The molecule has 0 aromatic heterocycles. The molecule has 1 aromatic rings. The first-order valence-corrected chi connectivity index (χ1v) is 12.2. The Bertz CT molecular complexity index is 744. The van der Waals surface area contributed by atoms with Crippen LogP contribution in [-0.4, -0.2) is 81.1 Å². The number of aliphatic imine (C=N–C) groups is 1. The van der Waals surface area contributed by atoms with Crippen molar-refractivity contribution < 1.29 is 9.53 Å². The summed E-state index contributed by atoms with van der Waals surface area (Å²) in [5, 5.41) is 6.95. The first kappa shape index (κ1) is 24.5. The molecule has 0 radical (unpaired) electrons. The molecule has 1 aliphatic heterocycles. The number of amides is 1. The Kier molecular flexibility index (Phi) is 9.81. The summed E-state index contributed by atoms with van der Waals surface area (Å²) in [5.41, 5.74) is 2.81. The molecule has 7 heteroatoms. The van der Waals surface area contributed by atoms with Crippen LogP contribution in [0, 0.1) is 0 Å². The third-order valence-corrected chi connectivity index (χ3v) is 6.34. The number of fused-ring (bicyclic) bond motifs is 1. The molecule has 7 nitrogen and oxygen atoms in total. The molecule has 1 saturated heterocycles. The monoisotopic (exact) mass is 443 g/mol. The van der Waals surface area contributed by atoms with E-state index in [-0.39, 0.29) is 12.0 Å². The minimum atomic E-state index is 0.172. The standard InChI is InChI=1S/C25H41N5O2/c1-4-26-25(28-21-13-16-30(17-14-21)19-24(31)29(2)3)27-15-8-18-32-23-12-7-10-20-9-5-6-11-22(20)23/h5-6,9,11,21,23H,4,7-8,10,12-19H2,1-3H3,(H2,26,27,28). The van der Waals surface area contributed by atoms with Crippen LogP contribution in [0.3, 0.4) is 0 Å². The van der Waals surface area contributed by atoms with Crippen LogP contribution in [0.5, 0.6) is 0 Å². The number of carbonyl (C=O) groups is 1. The van der Waals surface area contributed by atoms with Gasteiger partial charge in [0.05, 0.1) is 12.6 Å². The van der Waals surface area contributed by atoms with Crippen LogP contribution in [-0.2, 0) is 16.0 Å². The van der Waals surface area contributed by atoms with E-state index in [1.54, 1.807) is 4.90 Å². The number of ether oxygens (including phenoxy) is 1. The van der Waals surface area contributed by atoms with Crippen LogP contribution in [0.4, 0.5) is 0 Å². The Morgan fingerprint density at radius 2 is 2.00 bits per heavy atom. The Balaban J connectivity index is 1.38. The number of guanidine groups is 1. The van der Waals surface area contributed by atoms with Crippen LogP contribution in [0.25, 0.3) is 0 Å². The second kappa shape index (κ2) is 12.8. The van der Waals surface area contributed by atoms with E-state index in [0.29, 0.717) is 12.6 Å². The highest BCUT2D eigenvalue weighted by molar-refractivity contribution is 5.80. The molecule has 178 valence electrons. The molecule has 1 fully saturated rings. The summed E-state index contributed by atoms with van der Waals surface area (Å²) in [6.45, 7) is 6.81. The zero-order valence-corrected chi connectivity index (χ0v) is 20.1. The largest absolute Gasteiger partial charge is 0.373 e. The summed E-state index contributed by atoms with van der Waals surface area (Å²) in [6, 6.07) is 9.08. The molecule has 1 aliphatic carbocycles. The van der Waals surface area contributed by atoms with E-state index in [9.17, 15) is 4.79 Å². The van der Waals surface area contributed by atoms with Gasteiger partial charge in [-0.25, -0.2) is 0 Å². The molecule has 2 aliphatic rings. The van der Waals surface area contributed by atoms with E-state index < -0.39 is 0 Å². The number of nitrogens with one attached hydrogen (secondary N) is 2.